The molecule has 0 radical (unpaired) electrons. The number of fused-ring (bicyclic) bond motifs is 1. The lowest BCUT2D eigenvalue weighted by atomic mass is 9.99. The molecule has 0 fully saturated rings. The van der Waals surface area contributed by atoms with Crippen molar-refractivity contribution in [2.24, 2.45) is 0 Å². The van der Waals surface area contributed by atoms with Crippen molar-refractivity contribution in [3.8, 4) is 0 Å². The second-order valence-electron chi connectivity index (χ2n) is 14.6. The highest BCUT2D eigenvalue weighted by Gasteiger charge is 2.24. The summed E-state index contributed by atoms with van der Waals surface area (Å²) in [5.74, 6) is 0. The van der Waals surface area contributed by atoms with Gasteiger partial charge in [0.15, 0.2) is 0 Å². The molecule has 0 aliphatic heterocycles. The monoisotopic (exact) mass is 722 g/mol. The van der Waals surface area contributed by atoms with E-state index in [-0.39, 0.29) is 0 Å². The number of para-hydroxylation sites is 2. The van der Waals surface area contributed by atoms with E-state index in [2.05, 4.69) is 244 Å². The molecule has 2 nitrogen and oxygen atoms in total. The number of aryl methyl sites for hydroxylation is 4. The minimum atomic E-state index is 1.09. The first-order valence-electron chi connectivity index (χ1n) is 19.3. The Kier molecular flexibility index (Phi) is 10.5. The van der Waals surface area contributed by atoms with E-state index in [4.69, 9.17) is 0 Å². The topological polar surface area (TPSA) is 6.48 Å². The Bertz CT molecular complexity index is 2430. The van der Waals surface area contributed by atoms with Crippen molar-refractivity contribution in [1.29, 1.82) is 0 Å². The van der Waals surface area contributed by atoms with Crippen LogP contribution in [0.2, 0.25) is 0 Å². The van der Waals surface area contributed by atoms with Crippen LogP contribution in [0.1, 0.15) is 44.5 Å². The largest absolute Gasteiger partial charge is 0.309 e. The molecule has 0 spiro atoms. The van der Waals surface area contributed by atoms with Crippen molar-refractivity contribution in [2.75, 3.05) is 9.80 Å². The minimum absolute atomic E-state index is 1.09. The number of anilines is 4. The van der Waals surface area contributed by atoms with Gasteiger partial charge in [-0.15, -0.1) is 0 Å². The molecular formula is C54H46N2. The molecular weight excluding hydrogens is 677 g/mol. The first-order valence-corrected chi connectivity index (χ1v) is 19.3. The van der Waals surface area contributed by atoms with E-state index in [1.807, 2.05) is 0 Å². The Morgan fingerprint density at radius 2 is 0.625 bits per heavy atom. The molecule has 0 bridgehead atoms. The van der Waals surface area contributed by atoms with Crippen molar-refractivity contribution in [3.05, 3.63) is 239 Å². The fraction of sp³-hybridized carbons (Fsp3) is 0.0741. The van der Waals surface area contributed by atoms with Crippen molar-refractivity contribution in [2.45, 2.75) is 27.7 Å². The molecule has 0 amide bonds. The van der Waals surface area contributed by atoms with Crippen LogP contribution in [-0.4, -0.2) is 0 Å². The average Bonchev–Trinajstić information content (AvgIpc) is 3.24. The van der Waals surface area contributed by atoms with Gasteiger partial charge in [0.05, 0.1) is 22.8 Å². The van der Waals surface area contributed by atoms with Gasteiger partial charge in [-0.05, 0) is 98.5 Å². The number of benzene rings is 8. The highest BCUT2D eigenvalue weighted by Crippen LogP contribution is 2.46. The second kappa shape index (κ2) is 16.2. The summed E-state index contributed by atoms with van der Waals surface area (Å²) in [5.41, 5.74) is 16.1. The van der Waals surface area contributed by atoms with Gasteiger partial charge >= 0.3 is 0 Å². The fourth-order valence-electron chi connectivity index (χ4n) is 7.27. The van der Waals surface area contributed by atoms with Crippen molar-refractivity contribution in [3.63, 3.8) is 0 Å². The summed E-state index contributed by atoms with van der Waals surface area (Å²) in [6.07, 6.45) is 4.63. The van der Waals surface area contributed by atoms with Gasteiger partial charge in [-0.2, -0.15) is 0 Å². The van der Waals surface area contributed by atoms with Gasteiger partial charge in [-0.1, -0.05) is 180 Å². The molecule has 0 atom stereocenters. The molecule has 0 aliphatic carbocycles. The Morgan fingerprint density at radius 1 is 0.321 bits per heavy atom. The second-order valence-corrected chi connectivity index (χ2v) is 14.6. The van der Waals surface area contributed by atoms with Crippen LogP contribution in [0.15, 0.2) is 194 Å². The van der Waals surface area contributed by atoms with E-state index in [0.29, 0.717) is 0 Å². The Labute approximate surface area is 332 Å². The van der Waals surface area contributed by atoms with E-state index in [1.54, 1.807) is 0 Å². The third kappa shape index (κ3) is 7.83. The van der Waals surface area contributed by atoms with Gasteiger partial charge in [0, 0.05) is 22.1 Å². The molecule has 0 unspecified atom stereocenters. The first kappa shape index (κ1) is 36.1. The number of rotatable bonds is 10. The Balaban J connectivity index is 1.39. The zero-order valence-electron chi connectivity index (χ0n) is 32.5. The van der Waals surface area contributed by atoms with Crippen LogP contribution in [0, 0.1) is 27.7 Å². The molecule has 272 valence electrons. The van der Waals surface area contributed by atoms with E-state index in [9.17, 15) is 0 Å². The van der Waals surface area contributed by atoms with Crippen LogP contribution < -0.4 is 9.80 Å². The summed E-state index contributed by atoms with van der Waals surface area (Å²) < 4.78 is 0. The maximum Gasteiger partial charge on any atom is 0.0541 e. The highest BCUT2D eigenvalue weighted by atomic mass is 15.2. The zero-order chi connectivity index (χ0) is 38.4. The quantitative estimate of drug-likeness (QED) is 0.130. The van der Waals surface area contributed by atoms with Crippen LogP contribution >= 0.6 is 0 Å². The molecule has 2 heteroatoms. The summed E-state index contributed by atoms with van der Waals surface area (Å²) in [5, 5.41) is 2.30. The lowest BCUT2D eigenvalue weighted by Crippen LogP contribution is -2.18. The summed E-state index contributed by atoms with van der Waals surface area (Å²) in [6.45, 7) is 8.56. The molecule has 8 rings (SSSR count). The highest BCUT2D eigenvalue weighted by molar-refractivity contribution is 6.11. The lowest BCUT2D eigenvalue weighted by molar-refractivity contribution is 1.28. The van der Waals surface area contributed by atoms with Gasteiger partial charge in [-0.3, -0.25) is 0 Å². The van der Waals surface area contributed by atoms with E-state index >= 15 is 0 Å². The normalized spacial score (nSPS) is 11.8. The maximum atomic E-state index is 2.42. The lowest BCUT2D eigenvalue weighted by Gasteiger charge is -2.33. The van der Waals surface area contributed by atoms with E-state index in [1.165, 1.54) is 22.3 Å². The van der Waals surface area contributed by atoms with Gasteiger partial charge < -0.3 is 9.80 Å². The minimum Gasteiger partial charge on any atom is -0.309 e. The average molecular weight is 723 g/mol. The molecule has 8 aromatic rings. The molecule has 0 aliphatic rings. The first-order chi connectivity index (χ1) is 27.4. The molecule has 56 heavy (non-hydrogen) atoms. The van der Waals surface area contributed by atoms with Crippen LogP contribution in [0.4, 0.5) is 22.7 Å². The predicted octanol–water partition coefficient (Wildman–Crippen LogP) is 14.7. The van der Waals surface area contributed by atoms with Crippen molar-refractivity contribution < 1.29 is 0 Å². The van der Waals surface area contributed by atoms with Crippen LogP contribution in [0.25, 0.3) is 34.3 Å². The van der Waals surface area contributed by atoms with Gasteiger partial charge in [0.25, 0.3) is 0 Å². The molecule has 0 saturated heterocycles. The van der Waals surface area contributed by atoms with Gasteiger partial charge in [0.1, 0.15) is 0 Å². The third-order valence-corrected chi connectivity index (χ3v) is 10.3. The standard InChI is InChI=1S/C54H46N2/c1-39-19-27-43(28-20-39)37-53(45-31-23-41(3)24-32-45)55(47-13-7-5-8-14-47)51-35-36-52(50-18-12-11-17-49(50)51)56(48-15-9-6-10-16-48)54(46-33-25-42(4)26-34-46)38-44-29-21-40(2)22-30-44/h5-38H,1-4H3. The van der Waals surface area contributed by atoms with Crippen molar-refractivity contribution >= 4 is 57.1 Å². The predicted molar refractivity (Wildman–Crippen MR) is 242 cm³/mol. The van der Waals surface area contributed by atoms with Gasteiger partial charge in [0.2, 0.25) is 0 Å². The third-order valence-electron chi connectivity index (χ3n) is 10.3. The van der Waals surface area contributed by atoms with Crippen LogP contribution in [-0.2, 0) is 0 Å². The van der Waals surface area contributed by atoms with E-state index < -0.39 is 0 Å². The maximum absolute atomic E-state index is 2.42. The van der Waals surface area contributed by atoms with Crippen molar-refractivity contribution in [1.82, 2.24) is 0 Å². The molecule has 0 saturated carbocycles. The smallest absolute Gasteiger partial charge is 0.0541 e. The summed E-state index contributed by atoms with van der Waals surface area (Å²) >= 11 is 0. The summed E-state index contributed by atoms with van der Waals surface area (Å²) in [7, 11) is 0. The number of hydrogen-bond acceptors (Lipinski definition) is 2. The summed E-state index contributed by atoms with van der Waals surface area (Å²) in [6, 6.07) is 70.3. The fourth-order valence-corrected chi connectivity index (χ4v) is 7.27. The van der Waals surface area contributed by atoms with Gasteiger partial charge in [-0.25, -0.2) is 0 Å². The Morgan fingerprint density at radius 3 is 0.964 bits per heavy atom. The zero-order valence-corrected chi connectivity index (χ0v) is 32.5. The SMILES string of the molecule is Cc1ccc(C=C(c2ccc(C)cc2)N(c2ccccc2)c2ccc(N(C(=Cc3ccc(C)cc3)c3ccc(C)cc3)c3ccccc3)c3ccccc23)cc1. The molecule has 8 aromatic carbocycles. The van der Waals surface area contributed by atoms with Crippen LogP contribution in [0.3, 0.4) is 0 Å². The molecule has 0 heterocycles. The molecule has 0 N–H and O–H groups in total. The van der Waals surface area contributed by atoms with E-state index in [0.717, 1.165) is 67.2 Å². The molecule has 0 aromatic heterocycles. The van der Waals surface area contributed by atoms with Crippen LogP contribution in [0.5, 0.6) is 0 Å². The Hall–Kier alpha value is -6.90. The number of hydrogen-bond donors (Lipinski definition) is 0. The number of nitrogens with zero attached hydrogens (tertiary/aromatic N) is 2. The summed E-state index contributed by atoms with van der Waals surface area (Å²) in [4.78, 5) is 4.85.